The number of nitrogens with one attached hydrogen (secondary N) is 1. The lowest BCUT2D eigenvalue weighted by atomic mass is 10.0. The van der Waals surface area contributed by atoms with Crippen molar-refractivity contribution in [2.75, 3.05) is 5.43 Å². The molecule has 0 aliphatic carbocycles. The quantitative estimate of drug-likeness (QED) is 0.534. The van der Waals surface area contributed by atoms with Crippen LogP contribution < -0.4 is 11.0 Å². The summed E-state index contributed by atoms with van der Waals surface area (Å²) >= 11 is 0. The van der Waals surface area contributed by atoms with Crippen molar-refractivity contribution >= 4 is 22.6 Å². The Labute approximate surface area is 153 Å². The molecule has 0 amide bonds. The van der Waals surface area contributed by atoms with Crippen molar-refractivity contribution in [3.8, 4) is 0 Å². The summed E-state index contributed by atoms with van der Waals surface area (Å²) in [5, 5.41) is 5.23. The minimum atomic E-state index is -0.0547. The van der Waals surface area contributed by atoms with Gasteiger partial charge >= 0.3 is 0 Å². The van der Waals surface area contributed by atoms with Crippen LogP contribution in [-0.2, 0) is 6.54 Å². The molecule has 0 radical (unpaired) electrons. The third-order valence-electron chi connectivity index (χ3n) is 4.18. The number of hydrazone groups is 1. The number of fused-ring (bicyclic) bond motifs is 1. The molecule has 26 heavy (non-hydrogen) atoms. The average molecular weight is 348 g/mol. The molecule has 0 saturated carbocycles. The van der Waals surface area contributed by atoms with Crippen molar-refractivity contribution in [1.29, 1.82) is 0 Å². The summed E-state index contributed by atoms with van der Waals surface area (Å²) in [7, 11) is 0. The van der Waals surface area contributed by atoms with Crippen molar-refractivity contribution in [3.63, 3.8) is 0 Å². The van der Waals surface area contributed by atoms with Crippen LogP contribution in [0.15, 0.2) is 64.5 Å². The van der Waals surface area contributed by atoms with Gasteiger partial charge in [0.25, 0.3) is 5.56 Å². The van der Waals surface area contributed by atoms with E-state index in [2.05, 4.69) is 29.4 Å². The first-order valence-electron chi connectivity index (χ1n) is 8.97. The summed E-state index contributed by atoms with van der Waals surface area (Å²) in [6, 6.07) is 17.5. The summed E-state index contributed by atoms with van der Waals surface area (Å²) in [6.07, 6.45) is 0.834. The maximum Gasteiger partial charge on any atom is 0.262 e. The molecule has 0 unspecified atom stereocenters. The second kappa shape index (κ2) is 7.95. The minimum Gasteiger partial charge on any atom is -0.277 e. The highest BCUT2D eigenvalue weighted by atomic mass is 16.1. The Kier molecular flexibility index (Phi) is 5.46. The molecule has 0 spiro atoms. The Morgan fingerprint density at radius 3 is 2.50 bits per heavy atom. The van der Waals surface area contributed by atoms with Crippen LogP contribution in [0, 0.1) is 5.92 Å². The van der Waals surface area contributed by atoms with Crippen molar-refractivity contribution < 1.29 is 0 Å². The van der Waals surface area contributed by atoms with Crippen LogP contribution in [0.5, 0.6) is 0 Å². The van der Waals surface area contributed by atoms with Gasteiger partial charge in [-0.05, 0) is 37.0 Å². The lowest BCUT2D eigenvalue weighted by Crippen LogP contribution is -2.23. The van der Waals surface area contributed by atoms with Gasteiger partial charge in [-0.15, -0.1) is 0 Å². The number of hydrogen-bond acceptors (Lipinski definition) is 4. The standard InChI is InChI=1S/C21H24N4O/c1-4-25-20(26)17-12-8-9-13-18(17)22-21(25)24-23-19(14-15(2)3)16-10-6-5-7-11-16/h5-13,15H,4,14H2,1-3H3,(H,22,24)/b23-19-. The van der Waals surface area contributed by atoms with Gasteiger partial charge in [-0.25, -0.2) is 10.4 Å². The Morgan fingerprint density at radius 1 is 1.12 bits per heavy atom. The number of hydrogen-bond donors (Lipinski definition) is 1. The van der Waals surface area contributed by atoms with Crippen molar-refractivity contribution in [1.82, 2.24) is 9.55 Å². The van der Waals surface area contributed by atoms with Gasteiger partial charge in [-0.2, -0.15) is 5.10 Å². The molecule has 3 rings (SSSR count). The molecular formula is C21H24N4O. The van der Waals surface area contributed by atoms with Crippen molar-refractivity contribution in [3.05, 3.63) is 70.5 Å². The van der Waals surface area contributed by atoms with E-state index in [0.29, 0.717) is 29.3 Å². The molecule has 134 valence electrons. The fourth-order valence-corrected chi connectivity index (χ4v) is 2.91. The molecule has 0 aliphatic heterocycles. The molecule has 1 N–H and O–H groups in total. The van der Waals surface area contributed by atoms with Gasteiger partial charge in [0.2, 0.25) is 5.95 Å². The van der Waals surface area contributed by atoms with E-state index in [4.69, 9.17) is 0 Å². The van der Waals surface area contributed by atoms with Crippen LogP contribution in [0.4, 0.5) is 5.95 Å². The third-order valence-corrected chi connectivity index (χ3v) is 4.18. The Hall–Kier alpha value is -2.95. The lowest BCUT2D eigenvalue weighted by molar-refractivity contribution is 0.682. The lowest BCUT2D eigenvalue weighted by Gasteiger charge is -2.13. The summed E-state index contributed by atoms with van der Waals surface area (Å²) in [6.45, 7) is 6.78. The maximum atomic E-state index is 12.7. The van der Waals surface area contributed by atoms with Gasteiger partial charge < -0.3 is 0 Å². The molecule has 0 aliphatic rings. The predicted molar refractivity (Wildman–Crippen MR) is 108 cm³/mol. The highest BCUT2D eigenvalue weighted by molar-refractivity contribution is 6.01. The van der Waals surface area contributed by atoms with Gasteiger partial charge in [0.05, 0.1) is 16.6 Å². The molecule has 2 aromatic carbocycles. The highest BCUT2D eigenvalue weighted by Gasteiger charge is 2.11. The molecule has 0 fully saturated rings. The van der Waals surface area contributed by atoms with Gasteiger partial charge in [0.1, 0.15) is 0 Å². The average Bonchev–Trinajstić information content (AvgIpc) is 2.66. The normalized spacial score (nSPS) is 11.9. The highest BCUT2D eigenvalue weighted by Crippen LogP contribution is 2.14. The number of aromatic nitrogens is 2. The first kappa shape index (κ1) is 17.9. The van der Waals surface area contributed by atoms with Crippen LogP contribution in [-0.4, -0.2) is 15.3 Å². The van der Waals surface area contributed by atoms with Gasteiger partial charge in [0, 0.05) is 6.54 Å². The summed E-state index contributed by atoms with van der Waals surface area (Å²) in [5.41, 5.74) is 5.68. The second-order valence-electron chi connectivity index (χ2n) is 6.64. The molecule has 1 aromatic heterocycles. The minimum absolute atomic E-state index is 0.0547. The number of anilines is 1. The monoisotopic (exact) mass is 348 g/mol. The summed E-state index contributed by atoms with van der Waals surface area (Å²) < 4.78 is 1.61. The number of nitrogens with zero attached hydrogens (tertiary/aromatic N) is 3. The fourth-order valence-electron chi connectivity index (χ4n) is 2.91. The zero-order chi connectivity index (χ0) is 18.5. The molecule has 0 atom stereocenters. The Balaban J connectivity index is 2.03. The first-order valence-corrected chi connectivity index (χ1v) is 8.97. The van der Waals surface area contributed by atoms with Crippen LogP contribution in [0.1, 0.15) is 32.8 Å². The van der Waals surface area contributed by atoms with Crippen molar-refractivity contribution in [2.45, 2.75) is 33.7 Å². The Bertz CT molecular complexity index is 974. The first-order chi connectivity index (χ1) is 12.6. The summed E-state index contributed by atoms with van der Waals surface area (Å²) in [5.74, 6) is 0.932. The van der Waals surface area contributed by atoms with Crippen LogP contribution in [0.25, 0.3) is 10.9 Å². The topological polar surface area (TPSA) is 59.3 Å². The van der Waals surface area contributed by atoms with Gasteiger partial charge in [0.15, 0.2) is 0 Å². The molecule has 1 heterocycles. The largest absolute Gasteiger partial charge is 0.277 e. The zero-order valence-electron chi connectivity index (χ0n) is 15.4. The smallest absolute Gasteiger partial charge is 0.262 e. The molecule has 0 saturated heterocycles. The van der Waals surface area contributed by atoms with E-state index in [1.165, 1.54) is 0 Å². The molecule has 0 bridgehead atoms. The zero-order valence-corrected chi connectivity index (χ0v) is 15.4. The van der Waals surface area contributed by atoms with E-state index in [0.717, 1.165) is 17.7 Å². The van der Waals surface area contributed by atoms with Crippen molar-refractivity contribution in [2.24, 2.45) is 11.0 Å². The van der Waals surface area contributed by atoms with Crippen LogP contribution in [0.2, 0.25) is 0 Å². The SMILES string of the molecule is CCn1c(N/N=C(/CC(C)C)c2ccccc2)nc2ccccc2c1=O. The van der Waals surface area contributed by atoms with E-state index in [1.54, 1.807) is 10.6 Å². The molecule has 5 heteroatoms. The third kappa shape index (κ3) is 3.82. The molecular weight excluding hydrogens is 324 g/mol. The van der Waals surface area contributed by atoms with Crippen LogP contribution >= 0.6 is 0 Å². The Morgan fingerprint density at radius 2 is 1.81 bits per heavy atom. The van der Waals surface area contributed by atoms with Gasteiger partial charge in [-0.1, -0.05) is 56.3 Å². The second-order valence-corrected chi connectivity index (χ2v) is 6.64. The van der Waals surface area contributed by atoms with E-state index in [1.807, 2.05) is 55.5 Å². The number of benzene rings is 2. The predicted octanol–water partition coefficient (Wildman–Crippen LogP) is 4.28. The van der Waals surface area contributed by atoms with Gasteiger partial charge in [-0.3, -0.25) is 9.36 Å². The van der Waals surface area contributed by atoms with E-state index >= 15 is 0 Å². The van der Waals surface area contributed by atoms with Crippen LogP contribution in [0.3, 0.4) is 0 Å². The fraction of sp³-hybridized carbons (Fsp3) is 0.286. The van der Waals surface area contributed by atoms with E-state index in [9.17, 15) is 4.79 Å². The molecule has 3 aromatic rings. The molecule has 5 nitrogen and oxygen atoms in total. The maximum absolute atomic E-state index is 12.7. The summed E-state index contributed by atoms with van der Waals surface area (Å²) in [4.78, 5) is 17.3. The number of rotatable bonds is 6. The van der Waals surface area contributed by atoms with E-state index < -0.39 is 0 Å². The van der Waals surface area contributed by atoms with E-state index in [-0.39, 0.29) is 5.56 Å². The number of para-hydroxylation sites is 1.